The Labute approximate surface area is 183 Å². The van der Waals surface area contributed by atoms with Crippen molar-refractivity contribution in [1.29, 1.82) is 0 Å². The van der Waals surface area contributed by atoms with E-state index in [1.54, 1.807) is 30.3 Å². The minimum atomic E-state index is -0.223. The summed E-state index contributed by atoms with van der Waals surface area (Å²) >= 11 is 0. The summed E-state index contributed by atoms with van der Waals surface area (Å²) in [6, 6.07) is 18.6. The van der Waals surface area contributed by atoms with Crippen molar-refractivity contribution in [2.75, 3.05) is 12.8 Å². The van der Waals surface area contributed by atoms with Crippen molar-refractivity contribution >= 4 is 16.9 Å². The summed E-state index contributed by atoms with van der Waals surface area (Å²) in [6.45, 7) is 0.517. The summed E-state index contributed by atoms with van der Waals surface area (Å²) in [5.41, 5.74) is 9.68. The molecule has 8 nitrogen and oxygen atoms in total. The molecule has 3 heterocycles. The van der Waals surface area contributed by atoms with Gasteiger partial charge in [0, 0.05) is 29.7 Å². The van der Waals surface area contributed by atoms with Gasteiger partial charge in [0.25, 0.3) is 5.56 Å². The molecule has 3 aromatic heterocycles. The standard InChI is InChI=1S/C24H20N6O2/c1-32-22-18(15-29-11-5-10-27-29)12-17(14-26-22)16-8-9-21-20(13-16)23(31)30(24(25)28-21)19-6-3-2-4-7-19/h2-14H,15H2,1H3,(H2,25,28). The van der Waals surface area contributed by atoms with Crippen LogP contribution in [0.2, 0.25) is 0 Å². The number of nitrogen functional groups attached to an aromatic ring is 1. The maximum Gasteiger partial charge on any atom is 0.267 e. The lowest BCUT2D eigenvalue weighted by atomic mass is 10.0. The zero-order chi connectivity index (χ0) is 22.1. The van der Waals surface area contributed by atoms with Gasteiger partial charge in [-0.2, -0.15) is 5.10 Å². The van der Waals surface area contributed by atoms with Gasteiger partial charge in [0.2, 0.25) is 11.8 Å². The van der Waals surface area contributed by atoms with Gasteiger partial charge >= 0.3 is 0 Å². The van der Waals surface area contributed by atoms with Crippen LogP contribution in [0.4, 0.5) is 5.95 Å². The van der Waals surface area contributed by atoms with Crippen molar-refractivity contribution in [1.82, 2.24) is 24.3 Å². The molecule has 0 unspecified atom stereocenters. The van der Waals surface area contributed by atoms with Gasteiger partial charge in [0.15, 0.2) is 0 Å². The number of aromatic nitrogens is 5. The van der Waals surface area contributed by atoms with Crippen molar-refractivity contribution in [2.45, 2.75) is 6.54 Å². The van der Waals surface area contributed by atoms with Crippen molar-refractivity contribution in [3.05, 3.63) is 95.2 Å². The van der Waals surface area contributed by atoms with E-state index in [-0.39, 0.29) is 11.5 Å². The Morgan fingerprint density at radius 2 is 1.88 bits per heavy atom. The number of nitrogens with zero attached hydrogens (tertiary/aromatic N) is 5. The van der Waals surface area contributed by atoms with Crippen LogP contribution in [-0.4, -0.2) is 31.4 Å². The van der Waals surface area contributed by atoms with E-state index in [0.29, 0.717) is 29.0 Å². The first kappa shape index (κ1) is 19.5. The van der Waals surface area contributed by atoms with Crippen LogP contribution in [0, 0.1) is 0 Å². The molecular weight excluding hydrogens is 404 g/mol. The van der Waals surface area contributed by atoms with Crippen LogP contribution in [0.3, 0.4) is 0 Å². The van der Waals surface area contributed by atoms with E-state index in [4.69, 9.17) is 10.5 Å². The molecule has 0 aliphatic carbocycles. The highest BCUT2D eigenvalue weighted by Gasteiger charge is 2.13. The first-order valence-corrected chi connectivity index (χ1v) is 10.0. The number of hydrogen-bond donors (Lipinski definition) is 1. The van der Waals surface area contributed by atoms with Crippen LogP contribution in [0.15, 0.2) is 84.0 Å². The summed E-state index contributed by atoms with van der Waals surface area (Å²) in [5.74, 6) is 0.681. The Kier molecular flexibility index (Phi) is 4.87. The van der Waals surface area contributed by atoms with Gasteiger partial charge in [-0.15, -0.1) is 0 Å². The average Bonchev–Trinajstić information content (AvgIpc) is 3.33. The van der Waals surface area contributed by atoms with Gasteiger partial charge in [0.05, 0.1) is 30.2 Å². The van der Waals surface area contributed by atoms with E-state index in [0.717, 1.165) is 16.7 Å². The molecule has 158 valence electrons. The Hall–Kier alpha value is -4.46. The zero-order valence-corrected chi connectivity index (χ0v) is 17.3. The van der Waals surface area contributed by atoms with Crippen molar-refractivity contribution < 1.29 is 4.74 Å². The Bertz CT molecular complexity index is 1460. The number of benzene rings is 2. The lowest BCUT2D eigenvalue weighted by Crippen LogP contribution is -2.23. The lowest BCUT2D eigenvalue weighted by Gasteiger charge is -2.12. The molecule has 0 amide bonds. The number of fused-ring (bicyclic) bond motifs is 1. The molecule has 2 aromatic carbocycles. The Balaban J connectivity index is 1.63. The molecule has 0 saturated carbocycles. The predicted octanol–water partition coefficient (Wildman–Crippen LogP) is 3.28. The predicted molar refractivity (Wildman–Crippen MR) is 123 cm³/mol. The van der Waals surface area contributed by atoms with E-state index >= 15 is 0 Å². The molecule has 2 N–H and O–H groups in total. The van der Waals surface area contributed by atoms with E-state index in [1.165, 1.54) is 4.57 Å². The van der Waals surface area contributed by atoms with Crippen LogP contribution in [0.25, 0.3) is 27.7 Å². The third-order valence-electron chi connectivity index (χ3n) is 5.25. The van der Waals surface area contributed by atoms with Gasteiger partial charge in [-0.25, -0.2) is 14.5 Å². The Morgan fingerprint density at radius 1 is 1.03 bits per heavy atom. The fourth-order valence-corrected chi connectivity index (χ4v) is 3.73. The first-order chi connectivity index (χ1) is 15.6. The highest BCUT2D eigenvalue weighted by atomic mass is 16.5. The summed E-state index contributed by atoms with van der Waals surface area (Å²) in [4.78, 5) is 22.2. The van der Waals surface area contributed by atoms with E-state index in [2.05, 4.69) is 15.1 Å². The smallest absolute Gasteiger partial charge is 0.267 e. The molecule has 0 radical (unpaired) electrons. The largest absolute Gasteiger partial charge is 0.481 e. The second kappa shape index (κ2) is 7.99. The van der Waals surface area contributed by atoms with Crippen molar-refractivity contribution in [3.63, 3.8) is 0 Å². The number of nitrogens with two attached hydrogens (primary N) is 1. The van der Waals surface area contributed by atoms with E-state index < -0.39 is 0 Å². The molecule has 0 aliphatic rings. The van der Waals surface area contributed by atoms with Gasteiger partial charge in [-0.1, -0.05) is 24.3 Å². The van der Waals surface area contributed by atoms with Crippen LogP contribution in [0.5, 0.6) is 5.88 Å². The highest BCUT2D eigenvalue weighted by Crippen LogP contribution is 2.27. The van der Waals surface area contributed by atoms with Crippen LogP contribution in [-0.2, 0) is 6.54 Å². The number of rotatable bonds is 5. The van der Waals surface area contributed by atoms with Crippen LogP contribution in [0.1, 0.15) is 5.56 Å². The summed E-state index contributed by atoms with van der Waals surface area (Å²) in [5, 5.41) is 4.73. The van der Waals surface area contributed by atoms with Crippen LogP contribution >= 0.6 is 0 Å². The quantitative estimate of drug-likeness (QED) is 0.465. The molecule has 5 rings (SSSR count). The third kappa shape index (κ3) is 3.47. The topological polar surface area (TPSA) is 101 Å². The van der Waals surface area contributed by atoms with Gasteiger partial charge in [-0.3, -0.25) is 9.48 Å². The lowest BCUT2D eigenvalue weighted by molar-refractivity contribution is 0.390. The van der Waals surface area contributed by atoms with E-state index in [9.17, 15) is 4.79 Å². The maximum absolute atomic E-state index is 13.3. The number of hydrogen-bond acceptors (Lipinski definition) is 6. The fourth-order valence-electron chi connectivity index (χ4n) is 3.73. The van der Waals surface area contributed by atoms with Gasteiger partial charge < -0.3 is 10.5 Å². The molecule has 5 aromatic rings. The zero-order valence-electron chi connectivity index (χ0n) is 17.3. The molecule has 0 atom stereocenters. The van der Waals surface area contributed by atoms with Gasteiger partial charge in [0.1, 0.15) is 0 Å². The maximum atomic E-state index is 13.3. The molecule has 32 heavy (non-hydrogen) atoms. The average molecular weight is 424 g/mol. The number of methoxy groups -OCH3 is 1. The van der Waals surface area contributed by atoms with Crippen LogP contribution < -0.4 is 16.0 Å². The second-order valence-corrected chi connectivity index (χ2v) is 7.27. The second-order valence-electron chi connectivity index (χ2n) is 7.27. The molecule has 0 spiro atoms. The minimum absolute atomic E-state index is 0.147. The summed E-state index contributed by atoms with van der Waals surface area (Å²) < 4.78 is 8.64. The van der Waals surface area contributed by atoms with Crippen molar-refractivity contribution in [2.24, 2.45) is 0 Å². The molecular formula is C24H20N6O2. The van der Waals surface area contributed by atoms with Gasteiger partial charge in [-0.05, 0) is 42.0 Å². The number of pyridine rings is 1. The highest BCUT2D eigenvalue weighted by molar-refractivity contribution is 5.85. The minimum Gasteiger partial charge on any atom is -0.481 e. The molecule has 0 bridgehead atoms. The fraction of sp³-hybridized carbons (Fsp3) is 0.0833. The molecule has 0 fully saturated rings. The third-order valence-corrected chi connectivity index (χ3v) is 5.25. The molecule has 8 heteroatoms. The monoisotopic (exact) mass is 424 g/mol. The normalized spacial score (nSPS) is 11.0. The number of anilines is 1. The first-order valence-electron chi connectivity index (χ1n) is 10.0. The van der Waals surface area contributed by atoms with E-state index in [1.807, 2.05) is 60.8 Å². The summed E-state index contributed by atoms with van der Waals surface area (Å²) in [6.07, 6.45) is 5.33. The SMILES string of the molecule is COc1ncc(-c2ccc3nc(N)n(-c4ccccc4)c(=O)c3c2)cc1Cn1cccn1. The van der Waals surface area contributed by atoms with Crippen molar-refractivity contribution in [3.8, 4) is 22.7 Å². The number of ether oxygens (including phenoxy) is 1. The Morgan fingerprint density at radius 3 is 2.62 bits per heavy atom. The molecule has 0 aliphatic heterocycles. The summed E-state index contributed by atoms with van der Waals surface area (Å²) in [7, 11) is 1.59. The molecule has 0 saturated heterocycles. The number of para-hydroxylation sites is 1.